The Morgan fingerprint density at radius 1 is 1.03 bits per heavy atom. The van der Waals surface area contributed by atoms with E-state index in [1.165, 1.54) is 17.1 Å². The largest absolute Gasteiger partial charge is 0.391 e. The van der Waals surface area contributed by atoms with E-state index in [1.807, 2.05) is 36.1 Å². The Labute approximate surface area is 226 Å². The van der Waals surface area contributed by atoms with Gasteiger partial charge >= 0.3 is 0 Å². The van der Waals surface area contributed by atoms with Crippen LogP contribution in [0.1, 0.15) is 18.9 Å². The zero-order chi connectivity index (χ0) is 27.6. The highest BCUT2D eigenvalue weighted by Crippen LogP contribution is 2.32. The number of aliphatic hydroxyl groups is 1. The number of anilines is 4. The summed E-state index contributed by atoms with van der Waals surface area (Å²) in [7, 11) is -3.91. The lowest BCUT2D eigenvalue weighted by molar-refractivity contribution is -0.118. The van der Waals surface area contributed by atoms with Gasteiger partial charge in [-0.15, -0.1) is 0 Å². The SMILES string of the molecule is CC(=O)NCCNc1ccc(Nc2nc(N3CC[C@H](O)C3)c3ccn(S(=O)(=O)c4ccc(C)cc4)c3n2)cc1. The summed E-state index contributed by atoms with van der Waals surface area (Å²) in [5, 5.41) is 19.9. The maximum Gasteiger partial charge on any atom is 0.269 e. The molecule has 1 aliphatic rings. The third kappa shape index (κ3) is 5.81. The van der Waals surface area contributed by atoms with Crippen LogP contribution in [-0.2, 0) is 14.8 Å². The highest BCUT2D eigenvalue weighted by atomic mass is 32.2. The number of aryl methyl sites for hydroxylation is 1. The maximum atomic E-state index is 13.6. The molecule has 1 saturated heterocycles. The molecule has 3 heterocycles. The van der Waals surface area contributed by atoms with Gasteiger partial charge in [0.1, 0.15) is 5.82 Å². The molecule has 0 aliphatic carbocycles. The minimum atomic E-state index is -3.91. The third-order valence-corrected chi connectivity index (χ3v) is 8.18. The highest BCUT2D eigenvalue weighted by molar-refractivity contribution is 7.90. The summed E-state index contributed by atoms with van der Waals surface area (Å²) in [6, 6.07) is 15.9. The number of hydrogen-bond donors (Lipinski definition) is 4. The Hall–Kier alpha value is -4.16. The van der Waals surface area contributed by atoms with Crippen LogP contribution in [0.2, 0.25) is 0 Å². The van der Waals surface area contributed by atoms with Crippen molar-refractivity contribution in [2.45, 2.75) is 31.3 Å². The molecule has 5 rings (SSSR count). The van der Waals surface area contributed by atoms with Crippen LogP contribution in [0.5, 0.6) is 0 Å². The van der Waals surface area contributed by atoms with Crippen LogP contribution in [0.3, 0.4) is 0 Å². The van der Waals surface area contributed by atoms with Crippen LogP contribution in [0, 0.1) is 6.92 Å². The van der Waals surface area contributed by atoms with Gasteiger partial charge in [0.25, 0.3) is 10.0 Å². The molecule has 0 radical (unpaired) electrons. The Balaban J connectivity index is 1.47. The lowest BCUT2D eigenvalue weighted by Gasteiger charge is -2.19. The summed E-state index contributed by atoms with van der Waals surface area (Å²) in [4.78, 5) is 22.5. The van der Waals surface area contributed by atoms with Crippen molar-refractivity contribution in [3.63, 3.8) is 0 Å². The molecule has 2 aromatic heterocycles. The van der Waals surface area contributed by atoms with Crippen LogP contribution >= 0.6 is 0 Å². The summed E-state index contributed by atoms with van der Waals surface area (Å²) in [5.41, 5.74) is 2.81. The lowest BCUT2D eigenvalue weighted by atomic mass is 10.2. The Bertz CT molecular complexity index is 1590. The summed E-state index contributed by atoms with van der Waals surface area (Å²) in [5.74, 6) is 0.728. The molecular formula is C27H31N7O4S. The van der Waals surface area contributed by atoms with Crippen molar-refractivity contribution >= 4 is 50.1 Å². The Morgan fingerprint density at radius 2 is 1.74 bits per heavy atom. The molecule has 0 spiro atoms. The summed E-state index contributed by atoms with van der Waals surface area (Å²) in [6.45, 7) is 5.48. The Morgan fingerprint density at radius 3 is 2.41 bits per heavy atom. The predicted molar refractivity (Wildman–Crippen MR) is 151 cm³/mol. The third-order valence-electron chi connectivity index (χ3n) is 6.50. The van der Waals surface area contributed by atoms with E-state index >= 15 is 0 Å². The smallest absolute Gasteiger partial charge is 0.269 e. The number of benzene rings is 2. The fourth-order valence-corrected chi connectivity index (χ4v) is 5.77. The van der Waals surface area contributed by atoms with Crippen LogP contribution in [0.15, 0.2) is 65.7 Å². The molecule has 1 aliphatic heterocycles. The minimum absolute atomic E-state index is 0.0751. The van der Waals surface area contributed by atoms with Gasteiger partial charge in [0.05, 0.1) is 16.4 Å². The number of amides is 1. The second-order valence-corrected chi connectivity index (χ2v) is 11.4. The number of aromatic nitrogens is 3. The van der Waals surface area contributed by atoms with Gasteiger partial charge in [-0.1, -0.05) is 17.7 Å². The summed E-state index contributed by atoms with van der Waals surface area (Å²) < 4.78 is 28.3. The molecule has 4 aromatic rings. The van der Waals surface area contributed by atoms with Crippen molar-refractivity contribution in [3.8, 4) is 0 Å². The van der Waals surface area contributed by atoms with Crippen molar-refractivity contribution in [1.82, 2.24) is 19.3 Å². The van der Waals surface area contributed by atoms with Gasteiger partial charge in [-0.3, -0.25) is 4.79 Å². The molecule has 1 atom stereocenters. The number of nitrogens with one attached hydrogen (secondary N) is 3. The van der Waals surface area contributed by atoms with Crippen molar-refractivity contribution in [2.24, 2.45) is 0 Å². The van der Waals surface area contributed by atoms with Crippen LogP contribution in [0.4, 0.5) is 23.1 Å². The quantitative estimate of drug-likeness (QED) is 0.232. The minimum Gasteiger partial charge on any atom is -0.391 e. The average molecular weight is 550 g/mol. The van der Waals surface area contributed by atoms with E-state index in [2.05, 4.69) is 20.9 Å². The first-order valence-electron chi connectivity index (χ1n) is 12.7. The van der Waals surface area contributed by atoms with E-state index in [4.69, 9.17) is 4.98 Å². The second kappa shape index (κ2) is 10.9. The van der Waals surface area contributed by atoms with Gasteiger partial charge < -0.3 is 26.0 Å². The number of β-amino-alcohol motifs (C(OH)–C–C–N with tert-alkyl or cyclic N) is 1. The molecule has 0 saturated carbocycles. The number of rotatable bonds is 9. The van der Waals surface area contributed by atoms with Crippen molar-refractivity contribution < 1.29 is 18.3 Å². The molecular weight excluding hydrogens is 518 g/mol. The molecule has 4 N–H and O–H groups in total. The summed E-state index contributed by atoms with van der Waals surface area (Å²) in [6.07, 6.45) is 1.62. The van der Waals surface area contributed by atoms with Gasteiger partial charge in [0.15, 0.2) is 5.65 Å². The number of fused-ring (bicyclic) bond motifs is 1. The molecule has 204 valence electrons. The van der Waals surface area contributed by atoms with Crippen LogP contribution in [-0.4, -0.2) is 65.7 Å². The van der Waals surface area contributed by atoms with Crippen molar-refractivity contribution in [1.29, 1.82) is 0 Å². The molecule has 1 amide bonds. The number of carbonyl (C=O) groups excluding carboxylic acids is 1. The second-order valence-electron chi connectivity index (χ2n) is 9.54. The first-order chi connectivity index (χ1) is 18.7. The Kier molecular flexibility index (Phi) is 7.40. The fraction of sp³-hybridized carbons (Fsp3) is 0.296. The zero-order valence-corrected chi connectivity index (χ0v) is 22.6. The van der Waals surface area contributed by atoms with E-state index < -0.39 is 16.1 Å². The molecule has 0 bridgehead atoms. The molecule has 2 aromatic carbocycles. The zero-order valence-electron chi connectivity index (χ0n) is 21.8. The predicted octanol–water partition coefficient (Wildman–Crippen LogP) is 2.84. The number of aliphatic hydroxyl groups excluding tert-OH is 1. The standard InChI is InChI=1S/C27H31N7O4S/c1-18-3-9-23(10-4-18)39(37,38)34-16-12-24-25(33-15-11-22(36)17-33)31-27(32-26(24)34)30-21-7-5-20(6-8-21)29-14-13-28-19(2)35/h3-10,12,16,22,29,36H,11,13-15,17H2,1-2H3,(H,28,35)(H,30,31,32)/t22-/m0/s1. The normalized spacial score (nSPS) is 15.5. The van der Waals surface area contributed by atoms with E-state index in [9.17, 15) is 18.3 Å². The number of nitrogens with zero attached hydrogens (tertiary/aromatic N) is 4. The van der Waals surface area contributed by atoms with E-state index in [0.29, 0.717) is 49.5 Å². The van der Waals surface area contributed by atoms with Crippen molar-refractivity contribution in [3.05, 3.63) is 66.4 Å². The fourth-order valence-electron chi connectivity index (χ4n) is 4.47. The molecule has 12 heteroatoms. The molecule has 11 nitrogen and oxygen atoms in total. The number of carbonyl (C=O) groups is 1. The van der Waals surface area contributed by atoms with Crippen LogP contribution in [0.25, 0.3) is 11.0 Å². The monoisotopic (exact) mass is 549 g/mol. The van der Waals surface area contributed by atoms with Gasteiger partial charge in [0, 0.05) is 50.7 Å². The van der Waals surface area contributed by atoms with Gasteiger partial charge in [-0.2, -0.15) is 9.97 Å². The average Bonchev–Trinajstić information content (AvgIpc) is 3.54. The molecule has 39 heavy (non-hydrogen) atoms. The van der Waals surface area contributed by atoms with E-state index in [-0.39, 0.29) is 22.4 Å². The summed E-state index contributed by atoms with van der Waals surface area (Å²) >= 11 is 0. The first-order valence-corrected chi connectivity index (χ1v) is 14.1. The topological polar surface area (TPSA) is 141 Å². The van der Waals surface area contributed by atoms with Crippen molar-refractivity contribution in [2.75, 3.05) is 41.7 Å². The highest BCUT2D eigenvalue weighted by Gasteiger charge is 2.27. The molecule has 0 unspecified atom stereocenters. The lowest BCUT2D eigenvalue weighted by Crippen LogP contribution is -2.26. The van der Waals surface area contributed by atoms with Gasteiger partial charge in [0.2, 0.25) is 11.9 Å². The van der Waals surface area contributed by atoms with E-state index in [0.717, 1.165) is 11.3 Å². The first kappa shape index (κ1) is 26.4. The molecule has 1 fully saturated rings. The number of hydrogen-bond acceptors (Lipinski definition) is 9. The van der Waals surface area contributed by atoms with E-state index in [1.54, 1.807) is 30.3 Å². The van der Waals surface area contributed by atoms with Crippen LogP contribution < -0.4 is 20.9 Å². The van der Waals surface area contributed by atoms with Gasteiger partial charge in [-0.25, -0.2) is 12.4 Å². The maximum absolute atomic E-state index is 13.6. The van der Waals surface area contributed by atoms with Gasteiger partial charge in [-0.05, 0) is 55.8 Å².